The van der Waals surface area contributed by atoms with Crippen LogP contribution < -0.4 is 10.1 Å². The predicted octanol–water partition coefficient (Wildman–Crippen LogP) is 2.16. The van der Waals surface area contributed by atoms with Crippen LogP contribution in [0.15, 0.2) is 12.1 Å². The van der Waals surface area contributed by atoms with Gasteiger partial charge >= 0.3 is 0 Å². The summed E-state index contributed by atoms with van der Waals surface area (Å²) in [5, 5.41) is 3.41. The lowest BCUT2D eigenvalue weighted by atomic mass is 10.2. The Morgan fingerprint density at radius 2 is 2.06 bits per heavy atom. The molecule has 0 aromatic carbocycles. The lowest BCUT2D eigenvalue weighted by molar-refractivity contribution is 0.143. The van der Waals surface area contributed by atoms with Crippen molar-refractivity contribution in [1.82, 2.24) is 10.3 Å². The van der Waals surface area contributed by atoms with Crippen molar-refractivity contribution in [3.8, 4) is 5.88 Å². The van der Waals surface area contributed by atoms with E-state index in [-0.39, 0.29) is 0 Å². The summed E-state index contributed by atoms with van der Waals surface area (Å²) < 4.78 is 10.5. The molecule has 0 amide bonds. The molecular weight excluding hydrogens is 228 g/mol. The third-order valence-electron chi connectivity index (χ3n) is 2.41. The van der Waals surface area contributed by atoms with Crippen molar-refractivity contribution >= 4 is 0 Å². The highest BCUT2D eigenvalue weighted by molar-refractivity contribution is 5.24. The second-order valence-corrected chi connectivity index (χ2v) is 4.82. The molecule has 0 atom stereocenters. The van der Waals surface area contributed by atoms with E-state index in [1.165, 1.54) is 5.56 Å². The molecule has 0 saturated heterocycles. The average molecular weight is 252 g/mol. The molecule has 0 spiro atoms. The van der Waals surface area contributed by atoms with Crippen molar-refractivity contribution in [3.63, 3.8) is 0 Å². The minimum Gasteiger partial charge on any atom is -0.475 e. The van der Waals surface area contributed by atoms with E-state index in [4.69, 9.17) is 9.47 Å². The van der Waals surface area contributed by atoms with E-state index < -0.39 is 0 Å². The van der Waals surface area contributed by atoms with E-state index in [0.717, 1.165) is 18.8 Å². The van der Waals surface area contributed by atoms with Crippen molar-refractivity contribution in [3.05, 3.63) is 23.4 Å². The molecule has 0 bridgehead atoms. The highest BCUT2D eigenvalue weighted by atomic mass is 16.5. The van der Waals surface area contributed by atoms with Crippen LogP contribution in [0.2, 0.25) is 0 Å². The largest absolute Gasteiger partial charge is 0.475 e. The van der Waals surface area contributed by atoms with Gasteiger partial charge in [0.05, 0.1) is 6.61 Å². The van der Waals surface area contributed by atoms with Gasteiger partial charge < -0.3 is 14.8 Å². The van der Waals surface area contributed by atoms with Crippen LogP contribution in [-0.2, 0) is 11.3 Å². The van der Waals surface area contributed by atoms with Crippen LogP contribution in [0.4, 0.5) is 0 Å². The molecule has 0 aliphatic rings. The first-order valence-electron chi connectivity index (χ1n) is 6.42. The van der Waals surface area contributed by atoms with Crippen LogP contribution in [0.25, 0.3) is 0 Å². The smallest absolute Gasteiger partial charge is 0.213 e. The molecule has 1 aromatic heterocycles. The molecule has 0 unspecified atom stereocenters. The van der Waals surface area contributed by atoms with Gasteiger partial charge in [-0.15, -0.1) is 0 Å². The highest BCUT2D eigenvalue weighted by Gasteiger charge is 2.02. The summed E-state index contributed by atoms with van der Waals surface area (Å²) in [5.41, 5.74) is 2.18. The van der Waals surface area contributed by atoms with Gasteiger partial charge in [-0.3, -0.25) is 0 Å². The maximum absolute atomic E-state index is 5.53. The van der Waals surface area contributed by atoms with Gasteiger partial charge in [-0.05, 0) is 31.0 Å². The standard InChI is InChI=1S/C14H24N2O2/c1-11(2)9-15-10-13-7-12(3)16-14(8-13)18-6-5-17-4/h7-8,11,15H,5-6,9-10H2,1-4H3. The Kier molecular flexibility index (Phi) is 6.68. The lowest BCUT2D eigenvalue weighted by Gasteiger charge is -2.10. The molecule has 1 rings (SSSR count). The Bertz CT molecular complexity index is 354. The summed E-state index contributed by atoms with van der Waals surface area (Å²) in [4.78, 5) is 4.34. The third kappa shape index (κ3) is 5.98. The van der Waals surface area contributed by atoms with Gasteiger partial charge in [0.2, 0.25) is 5.88 Å². The van der Waals surface area contributed by atoms with Crippen molar-refractivity contribution in [2.75, 3.05) is 26.9 Å². The van der Waals surface area contributed by atoms with Crippen molar-refractivity contribution in [2.45, 2.75) is 27.3 Å². The molecule has 1 heterocycles. The minimum atomic E-state index is 0.534. The topological polar surface area (TPSA) is 43.4 Å². The van der Waals surface area contributed by atoms with Crippen LogP contribution in [0.5, 0.6) is 5.88 Å². The predicted molar refractivity (Wildman–Crippen MR) is 72.9 cm³/mol. The molecule has 1 N–H and O–H groups in total. The number of ether oxygens (including phenoxy) is 2. The summed E-state index contributed by atoms with van der Waals surface area (Å²) in [6, 6.07) is 4.06. The van der Waals surface area contributed by atoms with Gasteiger partial charge in [0.25, 0.3) is 0 Å². The molecule has 102 valence electrons. The van der Waals surface area contributed by atoms with Gasteiger partial charge in [0, 0.05) is 25.4 Å². The summed E-state index contributed by atoms with van der Waals surface area (Å²) in [5.74, 6) is 1.33. The van der Waals surface area contributed by atoms with Gasteiger partial charge in [0.15, 0.2) is 0 Å². The second kappa shape index (κ2) is 8.06. The van der Waals surface area contributed by atoms with Crippen LogP contribution >= 0.6 is 0 Å². The zero-order valence-electron chi connectivity index (χ0n) is 11.8. The SMILES string of the molecule is COCCOc1cc(CNCC(C)C)cc(C)n1. The van der Waals surface area contributed by atoms with Crippen molar-refractivity contribution in [2.24, 2.45) is 5.92 Å². The first-order chi connectivity index (χ1) is 8.61. The normalized spacial score (nSPS) is 10.9. The molecule has 1 aromatic rings. The zero-order chi connectivity index (χ0) is 13.4. The summed E-state index contributed by atoms with van der Waals surface area (Å²) in [7, 11) is 1.66. The summed E-state index contributed by atoms with van der Waals surface area (Å²) >= 11 is 0. The third-order valence-corrected chi connectivity index (χ3v) is 2.41. The van der Waals surface area contributed by atoms with Crippen molar-refractivity contribution in [1.29, 1.82) is 0 Å². The number of hydrogen-bond donors (Lipinski definition) is 1. The summed E-state index contributed by atoms with van der Waals surface area (Å²) in [6.07, 6.45) is 0. The number of aromatic nitrogens is 1. The van der Waals surface area contributed by atoms with Crippen molar-refractivity contribution < 1.29 is 9.47 Å². The molecule has 0 aliphatic carbocycles. The second-order valence-electron chi connectivity index (χ2n) is 4.82. The van der Waals surface area contributed by atoms with Crippen LogP contribution in [0, 0.1) is 12.8 Å². The lowest BCUT2D eigenvalue weighted by Crippen LogP contribution is -2.19. The molecule has 0 fully saturated rings. The number of rotatable bonds is 8. The number of nitrogens with zero attached hydrogens (tertiary/aromatic N) is 1. The Labute approximate surface area is 110 Å². The fourth-order valence-corrected chi connectivity index (χ4v) is 1.62. The summed E-state index contributed by atoms with van der Waals surface area (Å²) in [6.45, 7) is 9.36. The minimum absolute atomic E-state index is 0.534. The van der Waals surface area contributed by atoms with Gasteiger partial charge in [0.1, 0.15) is 6.61 Å². The molecule has 4 heteroatoms. The average Bonchev–Trinajstić information content (AvgIpc) is 2.28. The molecule has 4 nitrogen and oxygen atoms in total. The number of pyridine rings is 1. The molecular formula is C14H24N2O2. The molecule has 0 saturated carbocycles. The number of nitrogens with one attached hydrogen (secondary N) is 1. The molecule has 0 radical (unpaired) electrons. The fourth-order valence-electron chi connectivity index (χ4n) is 1.62. The van der Waals surface area contributed by atoms with Gasteiger partial charge in [-0.2, -0.15) is 0 Å². The highest BCUT2D eigenvalue weighted by Crippen LogP contribution is 2.12. The monoisotopic (exact) mass is 252 g/mol. The van der Waals surface area contributed by atoms with E-state index in [1.807, 2.05) is 13.0 Å². The van der Waals surface area contributed by atoms with Gasteiger partial charge in [-0.25, -0.2) is 4.98 Å². The van der Waals surface area contributed by atoms with Gasteiger partial charge in [-0.1, -0.05) is 13.8 Å². The van der Waals surface area contributed by atoms with Crippen LogP contribution in [0.1, 0.15) is 25.1 Å². The Balaban J connectivity index is 2.51. The quantitative estimate of drug-likeness (QED) is 0.720. The molecule has 18 heavy (non-hydrogen) atoms. The van der Waals surface area contributed by atoms with E-state index in [2.05, 4.69) is 30.2 Å². The number of methoxy groups -OCH3 is 1. The van der Waals surface area contributed by atoms with E-state index >= 15 is 0 Å². The van der Waals surface area contributed by atoms with E-state index in [0.29, 0.717) is 25.0 Å². The number of aryl methyl sites for hydroxylation is 1. The maximum Gasteiger partial charge on any atom is 0.213 e. The van der Waals surface area contributed by atoms with E-state index in [1.54, 1.807) is 7.11 Å². The fraction of sp³-hybridized carbons (Fsp3) is 0.643. The Hall–Kier alpha value is -1.13. The Morgan fingerprint density at radius 1 is 1.28 bits per heavy atom. The van der Waals surface area contributed by atoms with E-state index in [9.17, 15) is 0 Å². The first-order valence-corrected chi connectivity index (χ1v) is 6.42. The van der Waals surface area contributed by atoms with Crippen LogP contribution in [0.3, 0.4) is 0 Å². The Morgan fingerprint density at radius 3 is 2.72 bits per heavy atom. The number of hydrogen-bond acceptors (Lipinski definition) is 4. The maximum atomic E-state index is 5.53. The zero-order valence-corrected chi connectivity index (χ0v) is 11.8. The van der Waals surface area contributed by atoms with Crippen LogP contribution in [-0.4, -0.2) is 31.9 Å². The molecule has 0 aliphatic heterocycles. The first kappa shape index (κ1) is 14.9.